The standard InChI is InChI=1S/C14H27N5O2/c1-6-8-15-11-16-12(19(5)14(3,4)10-20)18-13(17-11)21-9-7-2/h20H,6-10H2,1-5H3,(H,15,16,17,18). The van der Waals surface area contributed by atoms with E-state index in [1.165, 1.54) is 0 Å². The number of anilines is 2. The van der Waals surface area contributed by atoms with Crippen LogP contribution in [-0.4, -0.2) is 52.4 Å². The third-order valence-corrected chi connectivity index (χ3v) is 3.17. The molecule has 0 amide bonds. The molecule has 0 saturated carbocycles. The summed E-state index contributed by atoms with van der Waals surface area (Å²) in [4.78, 5) is 14.8. The first-order chi connectivity index (χ1) is 9.94. The lowest BCUT2D eigenvalue weighted by Crippen LogP contribution is -2.45. The summed E-state index contributed by atoms with van der Waals surface area (Å²) in [7, 11) is 1.85. The molecule has 0 unspecified atom stereocenters. The number of aliphatic hydroxyl groups is 1. The van der Waals surface area contributed by atoms with Crippen molar-refractivity contribution in [2.45, 2.75) is 46.1 Å². The second kappa shape index (κ2) is 7.97. The molecule has 21 heavy (non-hydrogen) atoms. The summed E-state index contributed by atoms with van der Waals surface area (Å²) < 4.78 is 5.52. The zero-order chi connectivity index (χ0) is 15.9. The van der Waals surface area contributed by atoms with Crippen LogP contribution in [0.4, 0.5) is 11.9 Å². The maximum Gasteiger partial charge on any atom is 0.323 e. The second-order valence-corrected chi connectivity index (χ2v) is 5.55. The van der Waals surface area contributed by atoms with Crippen molar-refractivity contribution in [3.05, 3.63) is 0 Å². The number of hydrogen-bond donors (Lipinski definition) is 2. The molecule has 0 radical (unpaired) electrons. The normalized spacial score (nSPS) is 11.3. The fraction of sp³-hybridized carbons (Fsp3) is 0.786. The summed E-state index contributed by atoms with van der Waals surface area (Å²) in [5, 5.41) is 12.6. The monoisotopic (exact) mass is 297 g/mol. The average molecular weight is 297 g/mol. The summed E-state index contributed by atoms with van der Waals surface area (Å²) in [6.07, 6.45) is 1.86. The fourth-order valence-electron chi connectivity index (χ4n) is 1.45. The molecule has 0 aromatic carbocycles. The summed E-state index contributed by atoms with van der Waals surface area (Å²) in [6, 6.07) is 0.307. The van der Waals surface area contributed by atoms with E-state index in [4.69, 9.17) is 4.74 Å². The highest BCUT2D eigenvalue weighted by Gasteiger charge is 2.26. The molecule has 0 aliphatic heterocycles. The number of likely N-dealkylation sites (N-methyl/N-ethyl adjacent to an activating group) is 1. The molecule has 2 N–H and O–H groups in total. The Morgan fingerprint density at radius 2 is 1.90 bits per heavy atom. The molecule has 0 saturated heterocycles. The van der Waals surface area contributed by atoms with Crippen LogP contribution in [-0.2, 0) is 0 Å². The van der Waals surface area contributed by atoms with Crippen LogP contribution in [0.1, 0.15) is 40.5 Å². The van der Waals surface area contributed by atoms with Crippen molar-refractivity contribution in [3.8, 4) is 6.01 Å². The van der Waals surface area contributed by atoms with Gasteiger partial charge in [0.15, 0.2) is 0 Å². The van der Waals surface area contributed by atoms with Crippen molar-refractivity contribution >= 4 is 11.9 Å². The van der Waals surface area contributed by atoms with Gasteiger partial charge in [-0.1, -0.05) is 13.8 Å². The van der Waals surface area contributed by atoms with Gasteiger partial charge in [-0.15, -0.1) is 0 Å². The number of nitrogens with zero attached hydrogens (tertiary/aromatic N) is 4. The lowest BCUT2D eigenvalue weighted by atomic mass is 10.1. The maximum atomic E-state index is 9.49. The van der Waals surface area contributed by atoms with Gasteiger partial charge in [0.2, 0.25) is 11.9 Å². The first-order valence-electron chi connectivity index (χ1n) is 7.42. The maximum absolute atomic E-state index is 9.49. The molecule has 0 spiro atoms. The molecule has 0 atom stereocenters. The summed E-state index contributed by atoms with van der Waals surface area (Å²) in [5.74, 6) is 0.974. The first-order valence-corrected chi connectivity index (χ1v) is 7.42. The molecular formula is C14H27N5O2. The lowest BCUT2D eigenvalue weighted by molar-refractivity contribution is 0.214. The number of ether oxygens (including phenoxy) is 1. The molecule has 0 bridgehead atoms. The Hall–Kier alpha value is -1.63. The van der Waals surface area contributed by atoms with Gasteiger partial charge < -0.3 is 20.1 Å². The summed E-state index contributed by atoms with van der Waals surface area (Å²) in [5.41, 5.74) is -0.467. The van der Waals surface area contributed by atoms with E-state index in [9.17, 15) is 5.11 Å². The molecule has 1 aromatic heterocycles. The highest BCUT2D eigenvalue weighted by molar-refractivity contribution is 5.40. The van der Waals surface area contributed by atoms with E-state index in [-0.39, 0.29) is 6.61 Å². The second-order valence-electron chi connectivity index (χ2n) is 5.55. The van der Waals surface area contributed by atoms with Crippen molar-refractivity contribution in [2.24, 2.45) is 0 Å². The molecule has 1 rings (SSSR count). The van der Waals surface area contributed by atoms with Gasteiger partial charge in [-0.25, -0.2) is 0 Å². The number of rotatable bonds is 9. The Bertz CT molecular complexity index is 413. The van der Waals surface area contributed by atoms with Crippen molar-refractivity contribution < 1.29 is 9.84 Å². The minimum atomic E-state index is -0.467. The van der Waals surface area contributed by atoms with Crippen LogP contribution in [0.5, 0.6) is 6.01 Å². The molecule has 0 aliphatic rings. The topological polar surface area (TPSA) is 83.4 Å². The predicted molar refractivity (Wildman–Crippen MR) is 84.0 cm³/mol. The van der Waals surface area contributed by atoms with Gasteiger partial charge in [0.1, 0.15) is 0 Å². The van der Waals surface area contributed by atoms with Crippen LogP contribution in [0, 0.1) is 0 Å². The van der Waals surface area contributed by atoms with Crippen LogP contribution in [0.25, 0.3) is 0 Å². The minimum Gasteiger partial charge on any atom is -0.463 e. The number of nitrogens with one attached hydrogen (secondary N) is 1. The van der Waals surface area contributed by atoms with Crippen LogP contribution in [0.3, 0.4) is 0 Å². The Kier molecular flexibility index (Phi) is 6.61. The Morgan fingerprint density at radius 3 is 2.48 bits per heavy atom. The van der Waals surface area contributed by atoms with Crippen molar-refractivity contribution in [2.75, 3.05) is 37.0 Å². The van der Waals surface area contributed by atoms with E-state index < -0.39 is 5.54 Å². The minimum absolute atomic E-state index is 0.00193. The SMILES string of the molecule is CCCNc1nc(OCCC)nc(N(C)C(C)(C)CO)n1. The van der Waals surface area contributed by atoms with E-state index >= 15 is 0 Å². The third-order valence-electron chi connectivity index (χ3n) is 3.17. The van der Waals surface area contributed by atoms with Crippen molar-refractivity contribution in [3.63, 3.8) is 0 Å². The van der Waals surface area contributed by atoms with Crippen LogP contribution < -0.4 is 15.0 Å². The van der Waals surface area contributed by atoms with E-state index in [1.54, 1.807) is 0 Å². The molecule has 7 nitrogen and oxygen atoms in total. The molecule has 0 aliphatic carbocycles. The van der Waals surface area contributed by atoms with Crippen LogP contribution in [0.2, 0.25) is 0 Å². The molecule has 0 fully saturated rings. The highest BCUT2D eigenvalue weighted by atomic mass is 16.5. The predicted octanol–water partition coefficient (Wildman–Crippen LogP) is 1.69. The van der Waals surface area contributed by atoms with Crippen molar-refractivity contribution in [1.29, 1.82) is 0 Å². The number of aromatic nitrogens is 3. The zero-order valence-electron chi connectivity index (χ0n) is 13.7. The van der Waals surface area contributed by atoms with Crippen LogP contribution in [0.15, 0.2) is 0 Å². The molecule has 1 aromatic rings. The first kappa shape index (κ1) is 17.4. The molecule has 7 heteroatoms. The zero-order valence-corrected chi connectivity index (χ0v) is 13.7. The van der Waals surface area contributed by atoms with Gasteiger partial charge in [0.05, 0.1) is 18.8 Å². The average Bonchev–Trinajstić information content (AvgIpc) is 2.49. The van der Waals surface area contributed by atoms with E-state index in [1.807, 2.05) is 32.7 Å². The molecular weight excluding hydrogens is 270 g/mol. The van der Waals surface area contributed by atoms with Gasteiger partial charge in [0, 0.05) is 13.6 Å². The van der Waals surface area contributed by atoms with Gasteiger partial charge in [-0.3, -0.25) is 0 Å². The number of hydrogen-bond acceptors (Lipinski definition) is 7. The van der Waals surface area contributed by atoms with Gasteiger partial charge >= 0.3 is 6.01 Å². The molecule has 120 valence electrons. The largest absolute Gasteiger partial charge is 0.463 e. The third kappa shape index (κ3) is 5.00. The summed E-state index contributed by atoms with van der Waals surface area (Å²) in [6.45, 7) is 9.28. The Balaban J connectivity index is 3.05. The quantitative estimate of drug-likeness (QED) is 0.717. The fourth-order valence-corrected chi connectivity index (χ4v) is 1.45. The van der Waals surface area contributed by atoms with E-state index in [0.717, 1.165) is 19.4 Å². The number of aliphatic hydroxyl groups excluding tert-OH is 1. The van der Waals surface area contributed by atoms with E-state index in [2.05, 4.69) is 27.2 Å². The summed E-state index contributed by atoms with van der Waals surface area (Å²) >= 11 is 0. The van der Waals surface area contributed by atoms with Crippen molar-refractivity contribution in [1.82, 2.24) is 15.0 Å². The molecule has 1 heterocycles. The van der Waals surface area contributed by atoms with Gasteiger partial charge in [-0.2, -0.15) is 15.0 Å². The van der Waals surface area contributed by atoms with Crippen LogP contribution >= 0.6 is 0 Å². The van der Waals surface area contributed by atoms with E-state index in [0.29, 0.717) is 24.5 Å². The lowest BCUT2D eigenvalue weighted by Gasteiger charge is -2.33. The smallest absolute Gasteiger partial charge is 0.323 e. The Morgan fingerprint density at radius 1 is 1.19 bits per heavy atom. The van der Waals surface area contributed by atoms with Gasteiger partial charge in [-0.05, 0) is 26.7 Å². The Labute approximate surface area is 126 Å². The highest BCUT2D eigenvalue weighted by Crippen LogP contribution is 2.21. The van der Waals surface area contributed by atoms with Gasteiger partial charge in [0.25, 0.3) is 0 Å².